The molecule has 1 aromatic carbocycles. The van der Waals surface area contributed by atoms with E-state index in [1.807, 2.05) is 24.3 Å². The normalized spacial score (nSPS) is 16.9. The van der Waals surface area contributed by atoms with Gasteiger partial charge in [0.2, 0.25) is 0 Å². The molecule has 0 aromatic heterocycles. The van der Waals surface area contributed by atoms with Crippen molar-refractivity contribution in [3.05, 3.63) is 41.0 Å². The summed E-state index contributed by atoms with van der Waals surface area (Å²) >= 11 is 0. The van der Waals surface area contributed by atoms with Gasteiger partial charge in [0.25, 0.3) is 0 Å². The Kier molecular flexibility index (Phi) is 1.77. The number of carbonyl (C=O) groups is 1. The van der Waals surface area contributed by atoms with Gasteiger partial charge in [0.15, 0.2) is 5.84 Å². The van der Waals surface area contributed by atoms with Crippen LogP contribution in [-0.2, 0) is 11.2 Å². The molecule has 3 rings (SSSR count). The summed E-state index contributed by atoms with van der Waals surface area (Å²) in [6.07, 6.45) is 1.97. The molecule has 0 saturated heterocycles. The summed E-state index contributed by atoms with van der Waals surface area (Å²) in [6, 6.07) is 7.71. The molecule has 0 fully saturated rings. The molecule has 0 spiro atoms. The van der Waals surface area contributed by atoms with Crippen LogP contribution in [0.15, 0.2) is 45.4 Å². The van der Waals surface area contributed by atoms with E-state index in [1.54, 1.807) is 0 Å². The predicted molar refractivity (Wildman–Crippen MR) is 60.4 cm³/mol. The molecular weight excluding hydrogens is 204 g/mol. The smallest absolute Gasteiger partial charge is 0.337 e. The summed E-state index contributed by atoms with van der Waals surface area (Å²) in [6.45, 7) is 0. The third kappa shape index (κ3) is 1.20. The third-order valence-corrected chi connectivity index (χ3v) is 2.73. The Morgan fingerprint density at radius 1 is 1.31 bits per heavy atom. The zero-order chi connectivity index (χ0) is 11.1. The van der Waals surface area contributed by atoms with Gasteiger partial charge >= 0.3 is 5.97 Å². The molecule has 0 radical (unpaired) electrons. The van der Waals surface area contributed by atoms with Crippen LogP contribution in [0.2, 0.25) is 0 Å². The van der Waals surface area contributed by atoms with E-state index in [-0.39, 0.29) is 5.57 Å². The van der Waals surface area contributed by atoms with Gasteiger partial charge in [-0.15, -0.1) is 0 Å². The first kappa shape index (κ1) is 9.03. The summed E-state index contributed by atoms with van der Waals surface area (Å²) in [5, 5.41) is 9.00. The molecule has 16 heavy (non-hydrogen) atoms. The van der Waals surface area contributed by atoms with Gasteiger partial charge in [0.05, 0.1) is 11.3 Å². The summed E-state index contributed by atoms with van der Waals surface area (Å²) in [5.41, 5.74) is 2.90. The van der Waals surface area contributed by atoms with Crippen LogP contribution in [0.3, 0.4) is 0 Å². The average Bonchev–Trinajstić information content (AvgIpc) is 2.68. The Bertz CT molecular complexity index is 582. The Hall–Kier alpha value is -2.23. The van der Waals surface area contributed by atoms with Crippen LogP contribution >= 0.6 is 0 Å². The van der Waals surface area contributed by atoms with Gasteiger partial charge in [-0.25, -0.2) is 14.8 Å². The van der Waals surface area contributed by atoms with Crippen molar-refractivity contribution in [2.75, 3.05) is 0 Å². The maximum atomic E-state index is 11.0. The van der Waals surface area contributed by atoms with Crippen molar-refractivity contribution < 1.29 is 9.90 Å². The van der Waals surface area contributed by atoms with E-state index in [9.17, 15) is 4.79 Å². The van der Waals surface area contributed by atoms with Crippen molar-refractivity contribution in [3.63, 3.8) is 0 Å². The third-order valence-electron chi connectivity index (χ3n) is 2.73. The molecule has 0 atom stereocenters. The number of amidine groups is 1. The SMILES string of the molecule is O=C(O)C1=C2Cc3ccccc3N=C2N=C1. The first-order chi connectivity index (χ1) is 7.75. The molecule has 0 bridgehead atoms. The summed E-state index contributed by atoms with van der Waals surface area (Å²) in [4.78, 5) is 19.3. The van der Waals surface area contributed by atoms with Gasteiger partial charge in [0.1, 0.15) is 0 Å². The molecule has 78 valence electrons. The molecule has 2 aliphatic rings. The lowest BCUT2D eigenvalue weighted by atomic mass is 9.97. The van der Waals surface area contributed by atoms with Crippen molar-refractivity contribution >= 4 is 23.7 Å². The highest BCUT2D eigenvalue weighted by atomic mass is 16.4. The highest BCUT2D eigenvalue weighted by Gasteiger charge is 2.26. The second-order valence-corrected chi connectivity index (χ2v) is 3.70. The number of fused-ring (bicyclic) bond motifs is 2. The number of benzene rings is 1. The van der Waals surface area contributed by atoms with Crippen LogP contribution in [0.1, 0.15) is 5.56 Å². The van der Waals surface area contributed by atoms with Crippen molar-refractivity contribution in [1.29, 1.82) is 0 Å². The molecule has 4 heteroatoms. The number of aliphatic carboxylic acids is 1. The monoisotopic (exact) mass is 212 g/mol. The summed E-state index contributed by atoms with van der Waals surface area (Å²) in [7, 11) is 0. The Morgan fingerprint density at radius 2 is 2.12 bits per heavy atom. The minimum Gasteiger partial charge on any atom is -0.478 e. The first-order valence-electron chi connectivity index (χ1n) is 4.93. The van der Waals surface area contributed by atoms with Gasteiger partial charge in [-0.05, 0) is 11.6 Å². The van der Waals surface area contributed by atoms with Crippen molar-refractivity contribution in [2.24, 2.45) is 9.98 Å². The highest BCUT2D eigenvalue weighted by Crippen LogP contribution is 2.31. The fourth-order valence-corrected chi connectivity index (χ4v) is 1.93. The van der Waals surface area contributed by atoms with Crippen LogP contribution in [0.25, 0.3) is 0 Å². The second-order valence-electron chi connectivity index (χ2n) is 3.70. The van der Waals surface area contributed by atoms with Gasteiger partial charge in [0, 0.05) is 18.2 Å². The van der Waals surface area contributed by atoms with Crippen LogP contribution in [0, 0.1) is 0 Å². The number of para-hydroxylation sites is 1. The molecule has 0 amide bonds. The number of hydrogen-bond acceptors (Lipinski definition) is 3. The fraction of sp³-hybridized carbons (Fsp3) is 0.0833. The minimum atomic E-state index is -0.941. The molecule has 4 nitrogen and oxygen atoms in total. The number of carboxylic acids is 1. The summed E-state index contributed by atoms with van der Waals surface area (Å²) in [5.74, 6) is -0.403. The number of rotatable bonds is 1. The van der Waals surface area contributed by atoms with Gasteiger partial charge < -0.3 is 5.11 Å². The largest absolute Gasteiger partial charge is 0.478 e. The van der Waals surface area contributed by atoms with Crippen molar-refractivity contribution in [3.8, 4) is 0 Å². The molecule has 2 aliphatic heterocycles. The van der Waals surface area contributed by atoms with Crippen molar-refractivity contribution in [1.82, 2.24) is 0 Å². The van der Waals surface area contributed by atoms with Crippen LogP contribution in [-0.4, -0.2) is 23.1 Å². The number of hydrogen-bond donors (Lipinski definition) is 1. The molecule has 0 unspecified atom stereocenters. The maximum Gasteiger partial charge on any atom is 0.337 e. The molecule has 0 saturated carbocycles. The Labute approximate surface area is 91.7 Å². The second kappa shape index (κ2) is 3.13. The Balaban J connectivity index is 2.17. The van der Waals surface area contributed by atoms with E-state index in [4.69, 9.17) is 5.11 Å². The molecule has 1 N–H and O–H groups in total. The van der Waals surface area contributed by atoms with E-state index in [0.29, 0.717) is 17.8 Å². The lowest BCUT2D eigenvalue weighted by Gasteiger charge is -2.13. The number of aliphatic imine (C=N–C) groups is 2. The molecule has 0 aliphatic carbocycles. The molecular formula is C12H8N2O2. The Morgan fingerprint density at radius 3 is 2.94 bits per heavy atom. The topological polar surface area (TPSA) is 62.0 Å². The van der Waals surface area contributed by atoms with E-state index in [2.05, 4.69) is 9.98 Å². The standard InChI is InChI=1S/C12H8N2O2/c15-12(16)9-6-13-11-8(9)5-7-3-1-2-4-10(7)14-11/h1-4,6H,5H2,(H,15,16). The predicted octanol–water partition coefficient (Wildman–Crippen LogP) is 1.74. The van der Waals surface area contributed by atoms with Gasteiger partial charge in [-0.3, -0.25) is 0 Å². The number of carboxylic acid groups (broad SMARTS) is 1. The van der Waals surface area contributed by atoms with Crippen LogP contribution in [0.4, 0.5) is 5.69 Å². The van der Waals surface area contributed by atoms with Crippen molar-refractivity contribution in [2.45, 2.75) is 6.42 Å². The lowest BCUT2D eigenvalue weighted by molar-refractivity contribution is -0.132. The first-order valence-corrected chi connectivity index (χ1v) is 4.93. The van der Waals surface area contributed by atoms with Crippen LogP contribution in [0.5, 0.6) is 0 Å². The zero-order valence-corrected chi connectivity index (χ0v) is 8.34. The zero-order valence-electron chi connectivity index (χ0n) is 8.34. The minimum absolute atomic E-state index is 0.258. The maximum absolute atomic E-state index is 11.0. The van der Waals surface area contributed by atoms with Crippen LogP contribution < -0.4 is 0 Å². The van der Waals surface area contributed by atoms with E-state index in [0.717, 1.165) is 11.3 Å². The lowest BCUT2D eigenvalue weighted by Crippen LogP contribution is -2.10. The molecule has 2 heterocycles. The fourth-order valence-electron chi connectivity index (χ4n) is 1.93. The quantitative estimate of drug-likeness (QED) is 0.770. The highest BCUT2D eigenvalue weighted by molar-refractivity contribution is 6.25. The van der Waals surface area contributed by atoms with Gasteiger partial charge in [-0.1, -0.05) is 18.2 Å². The number of nitrogens with zero attached hydrogens (tertiary/aromatic N) is 2. The molecule has 1 aromatic rings. The van der Waals surface area contributed by atoms with E-state index in [1.165, 1.54) is 6.21 Å². The van der Waals surface area contributed by atoms with Gasteiger partial charge in [-0.2, -0.15) is 0 Å². The summed E-state index contributed by atoms with van der Waals surface area (Å²) < 4.78 is 0. The van der Waals surface area contributed by atoms with E-state index >= 15 is 0 Å². The average molecular weight is 212 g/mol. The van der Waals surface area contributed by atoms with E-state index < -0.39 is 5.97 Å².